The lowest BCUT2D eigenvalue weighted by Gasteiger charge is -2.20. The molecule has 0 aromatic carbocycles. The normalized spacial score (nSPS) is 21.4. The molecular formula is C18H26N4O. The minimum absolute atomic E-state index is 0.414. The van der Waals surface area contributed by atoms with Crippen molar-refractivity contribution in [2.24, 2.45) is 5.92 Å². The van der Waals surface area contributed by atoms with Crippen LogP contribution in [0.4, 0.5) is 0 Å². The van der Waals surface area contributed by atoms with E-state index in [1.165, 1.54) is 23.4 Å². The number of ether oxygens (including phenoxy) is 1. The predicted octanol–water partition coefficient (Wildman–Crippen LogP) is 2.67. The molecule has 23 heavy (non-hydrogen) atoms. The molecule has 0 radical (unpaired) electrons. The van der Waals surface area contributed by atoms with Gasteiger partial charge in [-0.1, -0.05) is 0 Å². The third-order valence-electron chi connectivity index (χ3n) is 4.98. The van der Waals surface area contributed by atoms with Crippen LogP contribution in [-0.4, -0.2) is 39.0 Å². The largest absolute Gasteiger partial charge is 0.381 e. The summed E-state index contributed by atoms with van der Waals surface area (Å²) in [5.74, 6) is 0.701. The Morgan fingerprint density at radius 1 is 1.26 bits per heavy atom. The van der Waals surface area contributed by atoms with E-state index >= 15 is 0 Å². The second-order valence-corrected chi connectivity index (χ2v) is 7.16. The molecular weight excluding hydrogens is 288 g/mol. The van der Waals surface area contributed by atoms with Crippen LogP contribution < -0.4 is 0 Å². The molecule has 0 aliphatic carbocycles. The van der Waals surface area contributed by atoms with Gasteiger partial charge in [0.1, 0.15) is 0 Å². The highest BCUT2D eigenvalue weighted by molar-refractivity contribution is 5.31. The number of fused-ring (bicyclic) bond motifs is 1. The van der Waals surface area contributed by atoms with Crippen molar-refractivity contribution < 1.29 is 4.74 Å². The highest BCUT2D eigenvalue weighted by atomic mass is 16.5. The van der Waals surface area contributed by atoms with Crippen LogP contribution in [-0.2, 0) is 24.4 Å². The number of aromatic nitrogens is 3. The van der Waals surface area contributed by atoms with Gasteiger partial charge in [-0.2, -0.15) is 5.10 Å². The molecule has 2 aliphatic heterocycles. The Morgan fingerprint density at radius 3 is 2.78 bits per heavy atom. The van der Waals surface area contributed by atoms with Crippen LogP contribution >= 0.6 is 0 Å². The summed E-state index contributed by atoms with van der Waals surface area (Å²) >= 11 is 0. The molecule has 1 fully saturated rings. The summed E-state index contributed by atoms with van der Waals surface area (Å²) in [6.07, 6.45) is 5.44. The van der Waals surface area contributed by atoms with Crippen LogP contribution in [0.25, 0.3) is 0 Å². The molecule has 2 aliphatic rings. The van der Waals surface area contributed by atoms with Gasteiger partial charge >= 0.3 is 0 Å². The third kappa shape index (κ3) is 2.95. The number of hydrogen-bond donors (Lipinski definition) is 0. The van der Waals surface area contributed by atoms with E-state index in [-0.39, 0.29) is 0 Å². The highest BCUT2D eigenvalue weighted by Crippen LogP contribution is 2.30. The first-order valence-corrected chi connectivity index (χ1v) is 8.70. The Hall–Kier alpha value is -1.59. The van der Waals surface area contributed by atoms with Crippen LogP contribution in [0, 0.1) is 5.92 Å². The van der Waals surface area contributed by atoms with Crippen molar-refractivity contribution in [3.8, 4) is 0 Å². The second kappa shape index (κ2) is 6.13. The maximum absolute atomic E-state index is 5.53. The van der Waals surface area contributed by atoms with E-state index in [9.17, 15) is 0 Å². The molecule has 5 heteroatoms. The molecule has 124 valence electrons. The molecule has 1 saturated heterocycles. The van der Waals surface area contributed by atoms with Gasteiger partial charge in [0.05, 0.1) is 24.5 Å². The topological polar surface area (TPSA) is 35.2 Å². The fraction of sp³-hybridized carbons (Fsp3) is 0.611. The van der Waals surface area contributed by atoms with Crippen LogP contribution in [0.5, 0.6) is 0 Å². The van der Waals surface area contributed by atoms with Crippen molar-refractivity contribution in [1.82, 2.24) is 19.2 Å². The summed E-state index contributed by atoms with van der Waals surface area (Å²) in [6, 6.07) is 4.56. The van der Waals surface area contributed by atoms with Crippen LogP contribution in [0.15, 0.2) is 24.5 Å². The molecule has 4 heterocycles. The minimum Gasteiger partial charge on any atom is -0.381 e. The average molecular weight is 314 g/mol. The molecule has 0 spiro atoms. The Kier molecular flexibility index (Phi) is 3.99. The summed E-state index contributed by atoms with van der Waals surface area (Å²) < 4.78 is 9.98. The zero-order valence-corrected chi connectivity index (χ0v) is 14.1. The van der Waals surface area contributed by atoms with Crippen molar-refractivity contribution in [3.63, 3.8) is 0 Å². The van der Waals surface area contributed by atoms with Crippen molar-refractivity contribution >= 4 is 0 Å². The van der Waals surface area contributed by atoms with E-state index in [0.717, 1.165) is 39.4 Å². The van der Waals surface area contributed by atoms with E-state index in [1.807, 2.05) is 0 Å². The molecule has 0 N–H and O–H groups in total. The highest BCUT2D eigenvalue weighted by Gasteiger charge is 2.30. The first-order valence-electron chi connectivity index (χ1n) is 8.70. The summed E-state index contributed by atoms with van der Waals surface area (Å²) in [7, 11) is 0. The predicted molar refractivity (Wildman–Crippen MR) is 89.2 cm³/mol. The maximum Gasteiger partial charge on any atom is 0.0870 e. The molecule has 2 aromatic rings. The van der Waals surface area contributed by atoms with Gasteiger partial charge in [0.15, 0.2) is 0 Å². The van der Waals surface area contributed by atoms with Gasteiger partial charge in [0.25, 0.3) is 0 Å². The fourth-order valence-electron chi connectivity index (χ4n) is 3.82. The molecule has 4 rings (SSSR count). The number of hydrogen-bond acceptors (Lipinski definition) is 3. The zero-order chi connectivity index (χ0) is 15.8. The Balaban J connectivity index is 1.55. The summed E-state index contributed by atoms with van der Waals surface area (Å²) in [6.45, 7) is 10.4. The smallest absolute Gasteiger partial charge is 0.0870 e. The Morgan fingerprint density at radius 2 is 2.09 bits per heavy atom. The average Bonchev–Trinajstić information content (AvgIpc) is 3.26. The van der Waals surface area contributed by atoms with Gasteiger partial charge < -0.3 is 9.30 Å². The molecule has 0 amide bonds. The maximum atomic E-state index is 5.53. The van der Waals surface area contributed by atoms with Gasteiger partial charge in [0, 0.05) is 50.2 Å². The van der Waals surface area contributed by atoms with E-state index < -0.39 is 0 Å². The van der Waals surface area contributed by atoms with E-state index in [4.69, 9.17) is 9.84 Å². The molecule has 1 atom stereocenters. The van der Waals surface area contributed by atoms with Crippen molar-refractivity contribution in [2.45, 2.75) is 45.9 Å². The fourth-order valence-corrected chi connectivity index (χ4v) is 3.82. The second-order valence-electron chi connectivity index (χ2n) is 7.16. The van der Waals surface area contributed by atoms with Crippen molar-refractivity contribution in [1.29, 1.82) is 0 Å². The van der Waals surface area contributed by atoms with Gasteiger partial charge in [-0.05, 0) is 38.3 Å². The molecule has 0 saturated carbocycles. The van der Waals surface area contributed by atoms with E-state index in [0.29, 0.717) is 12.0 Å². The lowest BCUT2D eigenvalue weighted by Crippen LogP contribution is -2.26. The molecule has 2 aromatic heterocycles. The van der Waals surface area contributed by atoms with Crippen LogP contribution in [0.3, 0.4) is 0 Å². The van der Waals surface area contributed by atoms with Crippen LogP contribution in [0.1, 0.15) is 43.3 Å². The number of rotatable bonds is 5. The lowest BCUT2D eigenvalue weighted by molar-refractivity contribution is 0.166. The van der Waals surface area contributed by atoms with Crippen molar-refractivity contribution in [2.75, 3.05) is 19.8 Å². The summed E-state index contributed by atoms with van der Waals surface area (Å²) in [5, 5.41) is 4.92. The third-order valence-corrected chi connectivity index (χ3v) is 4.98. The van der Waals surface area contributed by atoms with Gasteiger partial charge in [-0.15, -0.1) is 0 Å². The first kappa shape index (κ1) is 15.0. The van der Waals surface area contributed by atoms with Gasteiger partial charge in [-0.25, -0.2) is 0 Å². The SMILES string of the molecule is CC(C)n1nc(Cn2cccc2)c2c1CN(CC1CCOC1)C2. The molecule has 0 bridgehead atoms. The Labute approximate surface area is 137 Å². The quantitative estimate of drug-likeness (QED) is 0.851. The first-order chi connectivity index (χ1) is 11.2. The standard InChI is InChI=1S/C18H26N4O/c1-14(2)22-18-12-21(9-15-5-8-23-13-15)10-16(18)17(19-22)11-20-6-3-4-7-20/h3-4,6-7,14-15H,5,8-13H2,1-2H3. The van der Waals surface area contributed by atoms with E-state index in [2.05, 4.69) is 52.5 Å². The molecule has 1 unspecified atom stereocenters. The summed E-state index contributed by atoms with van der Waals surface area (Å²) in [4.78, 5) is 2.57. The Bertz CT molecular complexity index is 653. The van der Waals surface area contributed by atoms with Crippen LogP contribution in [0.2, 0.25) is 0 Å². The van der Waals surface area contributed by atoms with E-state index in [1.54, 1.807) is 0 Å². The summed E-state index contributed by atoms with van der Waals surface area (Å²) in [5.41, 5.74) is 4.10. The molecule has 5 nitrogen and oxygen atoms in total. The number of nitrogens with zero attached hydrogens (tertiary/aromatic N) is 4. The monoisotopic (exact) mass is 314 g/mol. The lowest BCUT2D eigenvalue weighted by atomic mass is 10.1. The zero-order valence-electron chi connectivity index (χ0n) is 14.1. The van der Waals surface area contributed by atoms with Crippen molar-refractivity contribution in [3.05, 3.63) is 41.5 Å². The minimum atomic E-state index is 0.414. The van der Waals surface area contributed by atoms with Gasteiger partial charge in [0.2, 0.25) is 0 Å². The van der Waals surface area contributed by atoms with Gasteiger partial charge in [-0.3, -0.25) is 9.58 Å².